The van der Waals surface area contributed by atoms with Crippen molar-refractivity contribution in [1.82, 2.24) is 14.7 Å². The molecule has 0 aliphatic heterocycles. The quantitative estimate of drug-likeness (QED) is 0.734. The summed E-state index contributed by atoms with van der Waals surface area (Å²) in [4.78, 5) is 14.6. The van der Waals surface area contributed by atoms with Gasteiger partial charge in [0.15, 0.2) is 11.5 Å². The van der Waals surface area contributed by atoms with E-state index in [0.29, 0.717) is 18.0 Å². The van der Waals surface area contributed by atoms with Crippen molar-refractivity contribution in [2.24, 2.45) is 11.1 Å². The molecule has 0 fully saturated rings. The third-order valence-corrected chi connectivity index (χ3v) is 3.12. The fraction of sp³-hybridized carbons (Fsp3) is 0.692. The van der Waals surface area contributed by atoms with Crippen molar-refractivity contribution in [3.05, 3.63) is 11.9 Å². The van der Waals surface area contributed by atoms with E-state index in [4.69, 9.17) is 10.5 Å². The first-order valence-corrected chi connectivity index (χ1v) is 6.33. The van der Waals surface area contributed by atoms with Crippen LogP contribution in [0.15, 0.2) is 6.20 Å². The van der Waals surface area contributed by atoms with Crippen LogP contribution in [0.3, 0.4) is 0 Å². The number of nitrogens with two attached hydrogens (primary N) is 1. The lowest BCUT2D eigenvalue weighted by atomic mass is 9.86. The molecule has 1 aromatic rings. The fourth-order valence-corrected chi connectivity index (χ4v) is 1.62. The Morgan fingerprint density at radius 2 is 2.16 bits per heavy atom. The summed E-state index contributed by atoms with van der Waals surface area (Å²) in [5.41, 5.74) is 5.56. The summed E-state index contributed by atoms with van der Waals surface area (Å²) >= 11 is 0. The van der Waals surface area contributed by atoms with Crippen LogP contribution in [0.5, 0.6) is 5.75 Å². The highest BCUT2D eigenvalue weighted by Crippen LogP contribution is 2.27. The Hall–Kier alpha value is -1.40. The Kier molecular flexibility index (Phi) is 5.08. The van der Waals surface area contributed by atoms with Gasteiger partial charge in [0.25, 0.3) is 0 Å². The molecule has 6 heteroatoms. The van der Waals surface area contributed by atoms with E-state index in [1.165, 1.54) is 0 Å². The molecule has 0 spiro atoms. The van der Waals surface area contributed by atoms with Crippen LogP contribution in [0.4, 0.5) is 0 Å². The van der Waals surface area contributed by atoms with Gasteiger partial charge in [-0.1, -0.05) is 13.8 Å². The minimum Gasteiger partial charge on any atom is -0.493 e. The lowest BCUT2D eigenvalue weighted by Crippen LogP contribution is -2.35. The number of ketones is 1. The van der Waals surface area contributed by atoms with E-state index in [1.54, 1.807) is 18.0 Å². The van der Waals surface area contributed by atoms with Crippen LogP contribution in [0.2, 0.25) is 0 Å². The van der Waals surface area contributed by atoms with Crippen LogP contribution in [-0.2, 0) is 6.54 Å². The van der Waals surface area contributed by atoms with E-state index in [0.717, 1.165) is 6.54 Å². The molecule has 6 nitrogen and oxygen atoms in total. The zero-order valence-corrected chi connectivity index (χ0v) is 12.4. The Bertz CT molecular complexity index is 438. The van der Waals surface area contributed by atoms with Crippen molar-refractivity contribution in [2.75, 3.05) is 34.3 Å². The minimum atomic E-state index is -0.622. The lowest BCUT2D eigenvalue weighted by molar-refractivity contribution is 0.0831. The second-order valence-electron chi connectivity index (χ2n) is 5.51. The molecular formula is C13H24N4O2. The molecule has 0 saturated carbocycles. The third kappa shape index (κ3) is 3.54. The van der Waals surface area contributed by atoms with Gasteiger partial charge in [0.05, 0.1) is 19.9 Å². The van der Waals surface area contributed by atoms with Crippen molar-refractivity contribution in [3.63, 3.8) is 0 Å². The monoisotopic (exact) mass is 268 g/mol. The topological polar surface area (TPSA) is 73.4 Å². The highest BCUT2D eigenvalue weighted by atomic mass is 16.5. The Balaban J connectivity index is 3.09. The number of hydrogen-bond donors (Lipinski definition) is 1. The molecule has 19 heavy (non-hydrogen) atoms. The first-order chi connectivity index (χ1) is 8.83. The number of Topliss-reactive ketones (excluding diaryl/α,β-unsaturated/α-hetero) is 1. The van der Waals surface area contributed by atoms with Crippen molar-refractivity contribution in [3.8, 4) is 5.75 Å². The molecule has 1 rings (SSSR count). The van der Waals surface area contributed by atoms with Crippen LogP contribution in [0.1, 0.15) is 24.3 Å². The molecule has 2 N–H and O–H groups in total. The molecule has 0 aliphatic carbocycles. The van der Waals surface area contributed by atoms with E-state index in [2.05, 4.69) is 5.10 Å². The summed E-state index contributed by atoms with van der Waals surface area (Å²) in [6.45, 7) is 5.39. The van der Waals surface area contributed by atoms with Gasteiger partial charge in [-0.2, -0.15) is 5.10 Å². The number of methoxy groups -OCH3 is 1. The maximum absolute atomic E-state index is 12.6. The normalized spacial score (nSPS) is 11.9. The SMILES string of the molecule is COc1cnn(CCN(C)C)c1C(=O)C(C)(C)CN. The van der Waals surface area contributed by atoms with E-state index < -0.39 is 5.41 Å². The summed E-state index contributed by atoms with van der Waals surface area (Å²) in [6.07, 6.45) is 1.58. The van der Waals surface area contributed by atoms with Crippen LogP contribution >= 0.6 is 0 Å². The van der Waals surface area contributed by atoms with Crippen LogP contribution < -0.4 is 10.5 Å². The number of rotatable bonds is 7. The summed E-state index contributed by atoms with van der Waals surface area (Å²) in [5.74, 6) is 0.466. The Morgan fingerprint density at radius 1 is 1.53 bits per heavy atom. The lowest BCUT2D eigenvalue weighted by Gasteiger charge is -2.22. The molecule has 0 aromatic carbocycles. The number of ether oxygens (including phenoxy) is 1. The summed E-state index contributed by atoms with van der Waals surface area (Å²) in [6, 6.07) is 0. The molecule has 1 aromatic heterocycles. The van der Waals surface area contributed by atoms with Gasteiger partial charge in [-0.3, -0.25) is 9.48 Å². The average molecular weight is 268 g/mol. The predicted octanol–water partition coefficient (Wildman–Crippen LogP) is 0.621. The zero-order chi connectivity index (χ0) is 14.6. The molecule has 1 heterocycles. The number of likely N-dealkylation sites (N-methyl/N-ethyl adjacent to an activating group) is 1. The minimum absolute atomic E-state index is 0.0388. The molecule has 0 bridgehead atoms. The molecular weight excluding hydrogens is 244 g/mol. The maximum Gasteiger partial charge on any atom is 0.191 e. The maximum atomic E-state index is 12.6. The fourth-order valence-electron chi connectivity index (χ4n) is 1.62. The summed E-state index contributed by atoms with van der Waals surface area (Å²) in [7, 11) is 5.50. The summed E-state index contributed by atoms with van der Waals surface area (Å²) in [5, 5.41) is 4.23. The van der Waals surface area contributed by atoms with E-state index in [1.807, 2.05) is 32.8 Å². The van der Waals surface area contributed by atoms with Gasteiger partial charge in [-0.05, 0) is 14.1 Å². The van der Waals surface area contributed by atoms with Gasteiger partial charge in [-0.25, -0.2) is 0 Å². The van der Waals surface area contributed by atoms with Crippen LogP contribution in [0.25, 0.3) is 0 Å². The van der Waals surface area contributed by atoms with Crippen LogP contribution in [-0.4, -0.2) is 54.8 Å². The second kappa shape index (κ2) is 6.16. The van der Waals surface area contributed by atoms with Gasteiger partial charge >= 0.3 is 0 Å². The van der Waals surface area contributed by atoms with Crippen LogP contribution in [0, 0.1) is 5.41 Å². The molecule has 108 valence electrons. The van der Waals surface area contributed by atoms with Crippen molar-refractivity contribution < 1.29 is 9.53 Å². The molecule has 0 saturated heterocycles. The highest BCUT2D eigenvalue weighted by Gasteiger charge is 2.32. The Morgan fingerprint density at radius 3 is 2.63 bits per heavy atom. The number of carbonyl (C=O) groups is 1. The number of aromatic nitrogens is 2. The van der Waals surface area contributed by atoms with E-state index in [9.17, 15) is 4.79 Å². The Labute approximate surface area is 114 Å². The average Bonchev–Trinajstić information content (AvgIpc) is 2.77. The highest BCUT2D eigenvalue weighted by molar-refractivity contribution is 6.01. The number of hydrogen-bond acceptors (Lipinski definition) is 5. The first kappa shape index (κ1) is 15.7. The van der Waals surface area contributed by atoms with Crippen molar-refractivity contribution >= 4 is 5.78 Å². The molecule has 0 atom stereocenters. The van der Waals surface area contributed by atoms with Gasteiger partial charge in [0, 0.05) is 18.5 Å². The summed E-state index contributed by atoms with van der Waals surface area (Å²) < 4.78 is 6.93. The standard InChI is InChI=1S/C13H24N4O2/c1-13(2,9-14)12(18)11-10(19-5)8-15-17(11)7-6-16(3)4/h8H,6-7,9,14H2,1-5H3. The zero-order valence-electron chi connectivity index (χ0n) is 12.4. The third-order valence-electron chi connectivity index (χ3n) is 3.12. The van der Waals surface area contributed by atoms with Gasteiger partial charge in [0.2, 0.25) is 0 Å². The largest absolute Gasteiger partial charge is 0.493 e. The molecule has 0 unspecified atom stereocenters. The first-order valence-electron chi connectivity index (χ1n) is 6.33. The van der Waals surface area contributed by atoms with E-state index >= 15 is 0 Å². The van der Waals surface area contributed by atoms with Crippen molar-refractivity contribution in [1.29, 1.82) is 0 Å². The second-order valence-corrected chi connectivity index (χ2v) is 5.51. The molecule has 0 radical (unpaired) electrons. The molecule has 0 aliphatic rings. The smallest absolute Gasteiger partial charge is 0.191 e. The van der Waals surface area contributed by atoms with Gasteiger partial charge in [-0.15, -0.1) is 0 Å². The predicted molar refractivity (Wildman–Crippen MR) is 74.5 cm³/mol. The van der Waals surface area contributed by atoms with Crippen molar-refractivity contribution in [2.45, 2.75) is 20.4 Å². The van der Waals surface area contributed by atoms with Gasteiger partial charge < -0.3 is 15.4 Å². The van der Waals surface area contributed by atoms with E-state index in [-0.39, 0.29) is 12.3 Å². The molecule has 0 amide bonds. The number of carbonyl (C=O) groups excluding carboxylic acids is 1. The van der Waals surface area contributed by atoms with Gasteiger partial charge in [0.1, 0.15) is 5.69 Å². The number of nitrogens with zero attached hydrogens (tertiary/aromatic N) is 3.